The molecule has 2 amide bonds. The molecule has 1 spiro atoms. The van der Waals surface area contributed by atoms with Crippen LogP contribution in [0.2, 0.25) is 0 Å². The molecule has 1 saturated heterocycles. The number of likely N-dealkylation sites (tertiary alicyclic amines) is 1. The molecular weight excluding hydrogens is 494 g/mol. The van der Waals surface area contributed by atoms with E-state index in [1.807, 2.05) is 0 Å². The van der Waals surface area contributed by atoms with Gasteiger partial charge in [0.15, 0.2) is 5.82 Å². The largest absolute Gasteiger partial charge is 0.481 e. The topological polar surface area (TPSA) is 100 Å². The fraction of sp³-hybridized carbons (Fsp3) is 0.600. The fourth-order valence-electron chi connectivity index (χ4n) is 6.70. The number of piperidine rings is 1. The highest BCUT2D eigenvalue weighted by Crippen LogP contribution is 2.78. The van der Waals surface area contributed by atoms with E-state index in [0.717, 1.165) is 19.0 Å². The van der Waals surface area contributed by atoms with Crippen molar-refractivity contribution in [1.29, 1.82) is 0 Å². The lowest BCUT2D eigenvalue weighted by Crippen LogP contribution is -2.71. The number of hydrogen-bond acceptors (Lipinski definition) is 5. The van der Waals surface area contributed by atoms with Gasteiger partial charge in [-0.1, -0.05) is 0 Å². The van der Waals surface area contributed by atoms with Gasteiger partial charge in [0.05, 0.1) is 24.4 Å². The Balaban J connectivity index is 1.07. The first kappa shape index (κ1) is 24.2. The lowest BCUT2D eigenvalue weighted by atomic mass is 9.35. The number of aromatic amines is 1. The summed E-state index contributed by atoms with van der Waals surface area (Å²) in [5, 5.41) is 9.71. The number of H-pyrrole nitrogens is 1. The van der Waals surface area contributed by atoms with Crippen molar-refractivity contribution in [2.45, 2.75) is 56.7 Å². The molecule has 7 rings (SSSR count). The number of amides is 2. The summed E-state index contributed by atoms with van der Waals surface area (Å²) in [4.78, 5) is 31.8. The minimum atomic E-state index is -4.16. The molecule has 2 N–H and O–H groups in total. The summed E-state index contributed by atoms with van der Waals surface area (Å²) in [6, 6.07) is 2.90. The van der Waals surface area contributed by atoms with E-state index in [0.29, 0.717) is 19.4 Å². The first-order valence-electron chi connectivity index (χ1n) is 12.4. The molecule has 1 aliphatic heterocycles. The number of alkyl halides is 3. The molecule has 8 nitrogen and oxygen atoms in total. The van der Waals surface area contributed by atoms with Crippen LogP contribution in [-0.2, 0) is 4.79 Å². The smallest absolute Gasteiger partial charge is 0.394 e. The van der Waals surface area contributed by atoms with E-state index < -0.39 is 28.4 Å². The van der Waals surface area contributed by atoms with Crippen molar-refractivity contribution in [2.24, 2.45) is 16.7 Å². The van der Waals surface area contributed by atoms with E-state index in [1.54, 1.807) is 4.90 Å². The van der Waals surface area contributed by atoms with Gasteiger partial charge in [0.2, 0.25) is 11.8 Å². The fourth-order valence-corrected chi connectivity index (χ4v) is 6.70. The highest BCUT2D eigenvalue weighted by Gasteiger charge is 2.78. The molecule has 2 bridgehead atoms. The summed E-state index contributed by atoms with van der Waals surface area (Å²) in [7, 11) is 1.42. The summed E-state index contributed by atoms with van der Waals surface area (Å²) in [5.74, 6) is -1.06. The number of aromatic nitrogens is 3. The molecular formula is C25H27F4N5O3. The Morgan fingerprint density at radius 1 is 1.24 bits per heavy atom. The van der Waals surface area contributed by atoms with Crippen molar-refractivity contribution in [3.63, 3.8) is 0 Å². The first-order valence-corrected chi connectivity index (χ1v) is 12.4. The summed E-state index contributed by atoms with van der Waals surface area (Å²) in [5.41, 5.74) is -1.71. The number of halogens is 4. The summed E-state index contributed by atoms with van der Waals surface area (Å²) >= 11 is 0. The number of hydrogen-bond donors (Lipinski definition) is 2. The monoisotopic (exact) mass is 521 g/mol. The second-order valence-corrected chi connectivity index (χ2v) is 11.3. The number of carbonyl (C=O) groups excluding carboxylic acids is 2. The molecule has 198 valence electrons. The van der Waals surface area contributed by atoms with Crippen LogP contribution in [0, 0.1) is 22.6 Å². The summed E-state index contributed by atoms with van der Waals surface area (Å²) in [6.45, 7) is 0.661. The van der Waals surface area contributed by atoms with E-state index in [4.69, 9.17) is 4.74 Å². The van der Waals surface area contributed by atoms with Crippen LogP contribution in [0.15, 0.2) is 18.3 Å². The minimum Gasteiger partial charge on any atom is -0.481 e. The predicted octanol–water partition coefficient (Wildman–Crippen LogP) is 3.85. The molecule has 0 unspecified atom stereocenters. The number of pyridine rings is 1. The molecule has 12 heteroatoms. The van der Waals surface area contributed by atoms with Gasteiger partial charge in [-0.05, 0) is 56.4 Å². The molecule has 2 aromatic rings. The Labute approximate surface area is 210 Å². The molecule has 3 heterocycles. The van der Waals surface area contributed by atoms with Gasteiger partial charge in [0.1, 0.15) is 5.69 Å². The zero-order valence-electron chi connectivity index (χ0n) is 20.3. The molecule has 4 aliphatic carbocycles. The van der Waals surface area contributed by atoms with Crippen LogP contribution in [-0.4, -0.2) is 63.8 Å². The van der Waals surface area contributed by atoms with Gasteiger partial charge >= 0.3 is 6.18 Å². The van der Waals surface area contributed by atoms with E-state index >= 15 is 0 Å². The molecule has 0 radical (unpaired) electrons. The zero-order chi connectivity index (χ0) is 26.2. The molecule has 0 aromatic carbocycles. The van der Waals surface area contributed by atoms with Crippen molar-refractivity contribution >= 4 is 11.8 Å². The van der Waals surface area contributed by atoms with Crippen molar-refractivity contribution in [3.05, 3.63) is 29.8 Å². The maximum Gasteiger partial charge on any atom is 0.394 e. The third-order valence-electron chi connectivity index (χ3n) is 8.85. The van der Waals surface area contributed by atoms with Crippen molar-refractivity contribution in [3.8, 4) is 17.1 Å². The van der Waals surface area contributed by atoms with Crippen LogP contribution in [0.5, 0.6) is 5.88 Å². The van der Waals surface area contributed by atoms with Crippen LogP contribution in [0.3, 0.4) is 0 Å². The predicted molar refractivity (Wildman–Crippen MR) is 122 cm³/mol. The lowest BCUT2D eigenvalue weighted by Gasteiger charge is -2.70. The maximum absolute atomic E-state index is 14.3. The Morgan fingerprint density at radius 3 is 2.62 bits per heavy atom. The standard InChI is InChI=1S/C25H27F4N5O3/c1-37-19-6-15(16(26)9-30-19)17-7-18(33-32-17)21(36)34-5-2-14(8-24(34)3-4-24)20(35)31-13-22-10-23(11-22,12-22)25(27,28)29/h6-7,9,14H,2-5,8,10-13H2,1H3,(H,31,35)(H,32,33)/t14-,22?,23?/m0/s1. The SMILES string of the molecule is COc1cc(-c2cc(C(=O)N3CC[C@H](C(=O)NCC45CC(C(F)(F)F)(C4)C5)CC34CC4)[nH]n2)c(F)cn1. The second kappa shape index (κ2) is 7.91. The molecule has 37 heavy (non-hydrogen) atoms. The van der Waals surface area contributed by atoms with Gasteiger partial charge in [-0.15, -0.1) is 0 Å². The third-order valence-corrected chi connectivity index (χ3v) is 8.85. The third kappa shape index (κ3) is 3.78. The highest BCUT2D eigenvalue weighted by atomic mass is 19.4. The van der Waals surface area contributed by atoms with E-state index in [1.165, 1.54) is 19.2 Å². The molecule has 2 aromatic heterocycles. The maximum atomic E-state index is 14.3. The second-order valence-electron chi connectivity index (χ2n) is 11.3. The van der Waals surface area contributed by atoms with Gasteiger partial charge in [-0.3, -0.25) is 14.7 Å². The first-order chi connectivity index (χ1) is 17.5. The number of carbonyl (C=O) groups is 2. The van der Waals surface area contributed by atoms with Crippen LogP contribution >= 0.6 is 0 Å². The van der Waals surface area contributed by atoms with Gasteiger partial charge in [0.25, 0.3) is 5.91 Å². The van der Waals surface area contributed by atoms with E-state index in [2.05, 4.69) is 20.5 Å². The van der Waals surface area contributed by atoms with E-state index in [-0.39, 0.29) is 66.4 Å². The molecule has 1 atom stereocenters. The summed E-state index contributed by atoms with van der Waals surface area (Å²) in [6.07, 6.45) is -0.297. The number of ether oxygens (including phenoxy) is 1. The Bertz CT molecular complexity index is 1250. The van der Waals surface area contributed by atoms with Crippen LogP contribution in [0.1, 0.15) is 55.4 Å². The van der Waals surface area contributed by atoms with Gasteiger partial charge in [-0.2, -0.15) is 18.3 Å². The number of nitrogens with zero attached hydrogens (tertiary/aromatic N) is 3. The normalized spacial score (nSPS) is 29.3. The average molecular weight is 522 g/mol. The average Bonchev–Trinajstić information content (AvgIpc) is 3.37. The molecule has 4 saturated carbocycles. The quantitative estimate of drug-likeness (QED) is 0.563. The summed E-state index contributed by atoms with van der Waals surface area (Å²) < 4.78 is 58.6. The Morgan fingerprint density at radius 2 is 1.97 bits per heavy atom. The minimum absolute atomic E-state index is 0.100. The van der Waals surface area contributed by atoms with Gasteiger partial charge < -0.3 is 15.0 Å². The van der Waals surface area contributed by atoms with Crippen LogP contribution in [0.25, 0.3) is 11.3 Å². The lowest BCUT2D eigenvalue weighted by molar-refractivity contribution is -0.361. The zero-order valence-corrected chi connectivity index (χ0v) is 20.3. The number of rotatable bonds is 6. The van der Waals surface area contributed by atoms with Gasteiger partial charge in [-0.25, -0.2) is 9.37 Å². The number of methoxy groups -OCH3 is 1. The number of nitrogens with one attached hydrogen (secondary N) is 2. The van der Waals surface area contributed by atoms with Gasteiger partial charge in [0, 0.05) is 36.2 Å². The van der Waals surface area contributed by atoms with Crippen molar-refractivity contribution < 1.29 is 31.9 Å². The molecule has 5 aliphatic rings. The van der Waals surface area contributed by atoms with E-state index in [9.17, 15) is 27.2 Å². The Hall–Kier alpha value is -3.18. The molecule has 5 fully saturated rings. The van der Waals surface area contributed by atoms with Crippen LogP contribution < -0.4 is 10.1 Å². The Kier molecular flexibility index (Phi) is 5.17. The van der Waals surface area contributed by atoms with Crippen LogP contribution in [0.4, 0.5) is 17.6 Å². The van der Waals surface area contributed by atoms with Crippen molar-refractivity contribution in [2.75, 3.05) is 20.2 Å². The highest BCUT2D eigenvalue weighted by molar-refractivity contribution is 5.94. The van der Waals surface area contributed by atoms with Crippen molar-refractivity contribution in [1.82, 2.24) is 25.4 Å².